The summed E-state index contributed by atoms with van der Waals surface area (Å²) in [7, 11) is 0. The van der Waals surface area contributed by atoms with Crippen molar-refractivity contribution in [3.8, 4) is 11.5 Å². The second-order valence-corrected chi connectivity index (χ2v) is 4.15. The smallest absolute Gasteiger partial charge is 0.127 e. The van der Waals surface area contributed by atoms with Crippen LogP contribution in [-0.4, -0.2) is 17.8 Å². The molecule has 0 aliphatic carbocycles. The van der Waals surface area contributed by atoms with Crippen LogP contribution in [0, 0.1) is 0 Å². The van der Waals surface area contributed by atoms with Crippen LogP contribution in [0.2, 0.25) is 0 Å². The lowest BCUT2D eigenvalue weighted by atomic mass is 10.1. The molecule has 2 rings (SSSR count). The molecule has 0 heterocycles. The molecule has 94 valence electrons. The first-order valence-corrected chi connectivity index (χ1v) is 5.98. The van der Waals surface area contributed by atoms with Crippen LogP contribution in [0.25, 0.3) is 0 Å². The monoisotopic (exact) mass is 243 g/mol. The number of ether oxygens (including phenoxy) is 1. The van der Waals surface area contributed by atoms with Gasteiger partial charge in [-0.3, -0.25) is 0 Å². The van der Waals surface area contributed by atoms with E-state index >= 15 is 0 Å². The molecule has 0 aromatic heterocycles. The molecule has 0 saturated heterocycles. The van der Waals surface area contributed by atoms with Crippen LogP contribution < -0.4 is 10.5 Å². The predicted molar refractivity (Wildman–Crippen MR) is 71.7 cm³/mol. The molecule has 0 bridgehead atoms. The van der Waals surface area contributed by atoms with Crippen LogP contribution in [0.1, 0.15) is 5.56 Å². The molecule has 3 heteroatoms. The Hall–Kier alpha value is -1.84. The minimum atomic E-state index is -0.481. The molecular weight excluding hydrogens is 226 g/mol. The van der Waals surface area contributed by atoms with Gasteiger partial charge in [0.25, 0.3) is 0 Å². The Kier molecular flexibility index (Phi) is 4.34. The molecule has 3 N–H and O–H groups in total. The van der Waals surface area contributed by atoms with Gasteiger partial charge in [0.15, 0.2) is 0 Å². The lowest BCUT2D eigenvalue weighted by Gasteiger charge is -2.09. The van der Waals surface area contributed by atoms with Crippen molar-refractivity contribution in [1.29, 1.82) is 0 Å². The summed E-state index contributed by atoms with van der Waals surface area (Å²) in [6, 6.07) is 17.3. The minimum Gasteiger partial charge on any atom is -0.457 e. The Morgan fingerprint density at radius 3 is 2.17 bits per heavy atom. The van der Waals surface area contributed by atoms with Crippen LogP contribution in [0.3, 0.4) is 0 Å². The SMILES string of the molecule is NCC(O)Cc1ccc(Oc2ccccc2)cc1. The fraction of sp³-hybridized carbons (Fsp3) is 0.200. The zero-order chi connectivity index (χ0) is 12.8. The van der Waals surface area contributed by atoms with Gasteiger partial charge in [0.1, 0.15) is 11.5 Å². The Morgan fingerprint density at radius 2 is 1.56 bits per heavy atom. The third-order valence-electron chi connectivity index (χ3n) is 2.65. The first-order chi connectivity index (χ1) is 8.78. The maximum absolute atomic E-state index is 9.46. The van der Waals surface area contributed by atoms with Gasteiger partial charge in [0.2, 0.25) is 0 Å². The van der Waals surface area contributed by atoms with Gasteiger partial charge in [-0.05, 0) is 36.2 Å². The number of hydrogen-bond donors (Lipinski definition) is 2. The largest absolute Gasteiger partial charge is 0.457 e. The number of aliphatic hydroxyl groups is 1. The van der Waals surface area contributed by atoms with Crippen molar-refractivity contribution in [1.82, 2.24) is 0 Å². The van der Waals surface area contributed by atoms with E-state index in [1.165, 1.54) is 0 Å². The van der Waals surface area contributed by atoms with Gasteiger partial charge in [0, 0.05) is 6.54 Å². The number of rotatable bonds is 5. The Bertz CT molecular complexity index is 468. The standard InChI is InChI=1S/C15H17NO2/c16-11-13(17)10-12-6-8-15(9-7-12)18-14-4-2-1-3-5-14/h1-9,13,17H,10-11,16H2. The maximum Gasteiger partial charge on any atom is 0.127 e. The van der Waals surface area contributed by atoms with Crippen LogP contribution in [0.15, 0.2) is 54.6 Å². The molecule has 0 aliphatic heterocycles. The third-order valence-corrected chi connectivity index (χ3v) is 2.65. The van der Waals surface area contributed by atoms with E-state index in [0.29, 0.717) is 6.42 Å². The highest BCUT2D eigenvalue weighted by atomic mass is 16.5. The van der Waals surface area contributed by atoms with Crippen molar-refractivity contribution < 1.29 is 9.84 Å². The van der Waals surface area contributed by atoms with Gasteiger partial charge in [-0.1, -0.05) is 30.3 Å². The van der Waals surface area contributed by atoms with Crippen molar-refractivity contribution in [2.75, 3.05) is 6.54 Å². The summed E-state index contributed by atoms with van der Waals surface area (Å²) in [5.74, 6) is 1.60. The lowest BCUT2D eigenvalue weighted by Crippen LogP contribution is -2.21. The summed E-state index contributed by atoms with van der Waals surface area (Å²) < 4.78 is 5.68. The molecule has 0 amide bonds. The van der Waals surface area contributed by atoms with Gasteiger partial charge in [-0.25, -0.2) is 0 Å². The number of nitrogens with two attached hydrogens (primary N) is 1. The van der Waals surface area contributed by atoms with E-state index in [2.05, 4.69) is 0 Å². The van der Waals surface area contributed by atoms with Crippen molar-refractivity contribution in [2.24, 2.45) is 5.73 Å². The number of para-hydroxylation sites is 1. The van der Waals surface area contributed by atoms with E-state index in [0.717, 1.165) is 17.1 Å². The number of hydrogen-bond acceptors (Lipinski definition) is 3. The zero-order valence-corrected chi connectivity index (χ0v) is 10.1. The Labute approximate surface area is 107 Å². The highest BCUT2D eigenvalue weighted by Gasteiger charge is 2.03. The van der Waals surface area contributed by atoms with Crippen LogP contribution >= 0.6 is 0 Å². The fourth-order valence-electron chi connectivity index (χ4n) is 1.67. The van der Waals surface area contributed by atoms with Crippen molar-refractivity contribution in [3.05, 3.63) is 60.2 Å². The fourth-order valence-corrected chi connectivity index (χ4v) is 1.67. The first kappa shape index (κ1) is 12.6. The molecule has 3 nitrogen and oxygen atoms in total. The summed E-state index contributed by atoms with van der Waals surface area (Å²) in [5.41, 5.74) is 6.43. The lowest BCUT2D eigenvalue weighted by molar-refractivity contribution is 0.183. The average Bonchev–Trinajstić information content (AvgIpc) is 2.42. The minimum absolute atomic E-state index is 0.280. The topological polar surface area (TPSA) is 55.5 Å². The molecule has 0 radical (unpaired) electrons. The quantitative estimate of drug-likeness (QED) is 0.847. The zero-order valence-electron chi connectivity index (χ0n) is 10.1. The average molecular weight is 243 g/mol. The summed E-state index contributed by atoms with van der Waals surface area (Å²) in [4.78, 5) is 0. The van der Waals surface area contributed by atoms with Gasteiger partial charge >= 0.3 is 0 Å². The van der Waals surface area contributed by atoms with Crippen LogP contribution in [0.4, 0.5) is 0 Å². The van der Waals surface area contributed by atoms with Crippen molar-refractivity contribution in [3.63, 3.8) is 0 Å². The van der Waals surface area contributed by atoms with E-state index in [1.807, 2.05) is 54.6 Å². The molecule has 0 spiro atoms. The summed E-state index contributed by atoms with van der Waals surface area (Å²) in [5, 5.41) is 9.46. The van der Waals surface area contributed by atoms with Gasteiger partial charge in [-0.15, -0.1) is 0 Å². The highest BCUT2D eigenvalue weighted by Crippen LogP contribution is 2.21. The van der Waals surface area contributed by atoms with Gasteiger partial charge in [-0.2, -0.15) is 0 Å². The molecule has 1 atom stereocenters. The molecule has 2 aromatic rings. The van der Waals surface area contributed by atoms with Gasteiger partial charge < -0.3 is 15.6 Å². The molecule has 1 unspecified atom stereocenters. The normalized spacial score (nSPS) is 12.1. The summed E-state index contributed by atoms with van der Waals surface area (Å²) in [6.45, 7) is 0.280. The molecular formula is C15H17NO2. The predicted octanol–water partition coefficient (Wildman–Crippen LogP) is 2.34. The summed E-state index contributed by atoms with van der Waals surface area (Å²) >= 11 is 0. The molecule has 0 fully saturated rings. The Morgan fingerprint density at radius 1 is 0.944 bits per heavy atom. The van der Waals surface area contributed by atoms with E-state index < -0.39 is 6.10 Å². The van der Waals surface area contributed by atoms with E-state index in [9.17, 15) is 5.11 Å². The summed E-state index contributed by atoms with van der Waals surface area (Å²) in [6.07, 6.45) is 0.0909. The van der Waals surface area contributed by atoms with Crippen molar-refractivity contribution in [2.45, 2.75) is 12.5 Å². The molecule has 0 aliphatic rings. The molecule has 18 heavy (non-hydrogen) atoms. The van der Waals surface area contributed by atoms with Gasteiger partial charge in [0.05, 0.1) is 6.10 Å². The number of benzene rings is 2. The maximum atomic E-state index is 9.46. The van der Waals surface area contributed by atoms with Crippen molar-refractivity contribution >= 4 is 0 Å². The first-order valence-electron chi connectivity index (χ1n) is 5.98. The molecule has 0 saturated carbocycles. The third kappa shape index (κ3) is 3.58. The second kappa shape index (κ2) is 6.19. The van der Waals surface area contributed by atoms with E-state index in [-0.39, 0.29) is 6.54 Å². The highest BCUT2D eigenvalue weighted by molar-refractivity contribution is 5.33. The van der Waals surface area contributed by atoms with Crippen LogP contribution in [0.5, 0.6) is 11.5 Å². The van der Waals surface area contributed by atoms with Crippen LogP contribution in [-0.2, 0) is 6.42 Å². The molecule has 2 aromatic carbocycles. The number of aliphatic hydroxyl groups excluding tert-OH is 1. The Balaban J connectivity index is 2.00. The van der Waals surface area contributed by atoms with E-state index in [4.69, 9.17) is 10.5 Å². The van der Waals surface area contributed by atoms with E-state index in [1.54, 1.807) is 0 Å². The second-order valence-electron chi connectivity index (χ2n) is 4.15.